The predicted molar refractivity (Wildman–Crippen MR) is 203 cm³/mol. The topological polar surface area (TPSA) is 82.3 Å². The van der Waals surface area contributed by atoms with Gasteiger partial charge in [0.1, 0.15) is 0 Å². The van der Waals surface area contributed by atoms with Gasteiger partial charge in [-0.25, -0.2) is 9.59 Å². The first kappa shape index (κ1) is 39.9. The molecule has 0 saturated heterocycles. The maximum Gasteiger partial charge on any atom is 0.319 e. The van der Waals surface area contributed by atoms with Crippen LogP contribution in [0, 0.1) is 0 Å². The summed E-state index contributed by atoms with van der Waals surface area (Å²) in [6.07, 6.45) is 30.8. The average Bonchev–Trinajstić information content (AvgIpc) is 3.07. The van der Waals surface area contributed by atoms with E-state index in [2.05, 4.69) is 47.3 Å². The minimum Gasteiger partial charge on any atom is -0.338 e. The van der Waals surface area contributed by atoms with E-state index in [1.54, 1.807) is 0 Å². The molecule has 0 spiro atoms. The molecule has 2 rings (SSSR count). The van der Waals surface area contributed by atoms with Crippen LogP contribution in [0.15, 0.2) is 60.7 Å². The van der Waals surface area contributed by atoms with Crippen LogP contribution in [-0.2, 0) is 6.42 Å². The van der Waals surface area contributed by atoms with E-state index in [0.29, 0.717) is 13.1 Å². The Morgan fingerprint density at radius 3 is 1.19 bits per heavy atom. The molecule has 0 atom stereocenters. The van der Waals surface area contributed by atoms with Crippen molar-refractivity contribution in [3.63, 3.8) is 0 Å². The summed E-state index contributed by atoms with van der Waals surface area (Å²) in [6.45, 7) is 5.91. The fraction of sp³-hybridized carbons (Fsp3) is 0.610. The summed E-state index contributed by atoms with van der Waals surface area (Å²) < 4.78 is 0. The highest BCUT2D eigenvalue weighted by Crippen LogP contribution is 2.16. The van der Waals surface area contributed by atoms with Gasteiger partial charge >= 0.3 is 12.1 Å². The summed E-state index contributed by atoms with van der Waals surface area (Å²) in [4.78, 5) is 24.5. The maximum absolute atomic E-state index is 12.3. The second kappa shape index (κ2) is 27.8. The lowest BCUT2D eigenvalue weighted by molar-refractivity contribution is 0.251. The minimum atomic E-state index is -0.151. The van der Waals surface area contributed by atoms with Crippen LogP contribution in [-0.4, -0.2) is 25.2 Å². The van der Waals surface area contributed by atoms with Gasteiger partial charge in [-0.1, -0.05) is 140 Å². The van der Waals surface area contributed by atoms with Gasteiger partial charge in [-0.05, 0) is 80.3 Å². The summed E-state index contributed by atoms with van der Waals surface area (Å²) in [5, 5.41) is 11.8. The summed E-state index contributed by atoms with van der Waals surface area (Å²) >= 11 is 0. The standard InChI is InChI=1S/C41H66N4O2/c1-3-5-7-9-11-12-13-14-15-16-17-18-19-20-22-24-34-43-41(47)45-39-31-27-37(28-32-39)35-36-25-29-38(30-26-36)44-40(46)42-33-23-21-10-8-6-4-2/h14-15,25-32H,3-13,16-24,33-35H2,1-2H3,(H2,42,44,46)(H2,43,45,47)/b15-14-. The number of carbonyl (C=O) groups excluding carboxylic acids is 2. The third kappa shape index (κ3) is 22.0. The van der Waals surface area contributed by atoms with E-state index < -0.39 is 0 Å². The van der Waals surface area contributed by atoms with Crippen LogP contribution in [0.25, 0.3) is 0 Å². The van der Waals surface area contributed by atoms with E-state index in [4.69, 9.17) is 0 Å². The Labute approximate surface area is 287 Å². The second-order valence-electron chi connectivity index (χ2n) is 13.0. The number of hydrogen-bond acceptors (Lipinski definition) is 2. The molecule has 0 radical (unpaired) electrons. The number of carbonyl (C=O) groups is 2. The highest BCUT2D eigenvalue weighted by atomic mass is 16.2. The van der Waals surface area contributed by atoms with Gasteiger partial charge in [0.2, 0.25) is 0 Å². The smallest absolute Gasteiger partial charge is 0.319 e. The van der Waals surface area contributed by atoms with Crippen molar-refractivity contribution in [3.8, 4) is 0 Å². The molecule has 4 amide bonds. The lowest BCUT2D eigenvalue weighted by Gasteiger charge is -2.10. The van der Waals surface area contributed by atoms with E-state index in [1.807, 2.05) is 48.5 Å². The molecule has 0 aliphatic heterocycles. The zero-order valence-electron chi connectivity index (χ0n) is 29.9. The molecule has 0 fully saturated rings. The van der Waals surface area contributed by atoms with Crippen molar-refractivity contribution in [3.05, 3.63) is 71.8 Å². The molecule has 262 valence electrons. The molecule has 4 N–H and O–H groups in total. The fourth-order valence-corrected chi connectivity index (χ4v) is 5.68. The van der Waals surface area contributed by atoms with Crippen molar-refractivity contribution < 1.29 is 9.59 Å². The molecule has 0 unspecified atom stereocenters. The van der Waals surface area contributed by atoms with Crippen LogP contribution in [0.2, 0.25) is 0 Å². The van der Waals surface area contributed by atoms with Crippen molar-refractivity contribution in [1.29, 1.82) is 0 Å². The van der Waals surface area contributed by atoms with Crippen LogP contribution >= 0.6 is 0 Å². The molecule has 6 heteroatoms. The van der Waals surface area contributed by atoms with E-state index in [9.17, 15) is 9.59 Å². The van der Waals surface area contributed by atoms with Gasteiger partial charge in [-0.3, -0.25) is 0 Å². The van der Waals surface area contributed by atoms with Gasteiger partial charge in [-0.2, -0.15) is 0 Å². The molecule has 2 aromatic carbocycles. The van der Waals surface area contributed by atoms with Gasteiger partial charge in [-0.15, -0.1) is 0 Å². The van der Waals surface area contributed by atoms with Crippen molar-refractivity contribution in [2.45, 2.75) is 149 Å². The normalized spacial score (nSPS) is 11.1. The molecule has 0 saturated carbocycles. The van der Waals surface area contributed by atoms with Crippen LogP contribution in [0.1, 0.15) is 153 Å². The fourth-order valence-electron chi connectivity index (χ4n) is 5.68. The van der Waals surface area contributed by atoms with Crippen molar-refractivity contribution in [2.75, 3.05) is 23.7 Å². The first-order valence-corrected chi connectivity index (χ1v) is 19.0. The van der Waals surface area contributed by atoms with Crippen molar-refractivity contribution >= 4 is 23.4 Å². The zero-order chi connectivity index (χ0) is 33.6. The predicted octanol–water partition coefficient (Wildman–Crippen LogP) is 11.9. The largest absolute Gasteiger partial charge is 0.338 e. The molecular formula is C41H66N4O2. The Morgan fingerprint density at radius 2 is 0.809 bits per heavy atom. The molecule has 0 bridgehead atoms. The lowest BCUT2D eigenvalue weighted by Crippen LogP contribution is -2.29. The van der Waals surface area contributed by atoms with Gasteiger partial charge in [0, 0.05) is 24.5 Å². The zero-order valence-corrected chi connectivity index (χ0v) is 29.9. The summed E-state index contributed by atoms with van der Waals surface area (Å²) in [7, 11) is 0. The van der Waals surface area contributed by atoms with Crippen molar-refractivity contribution in [1.82, 2.24) is 10.6 Å². The summed E-state index contributed by atoms with van der Waals surface area (Å²) in [6, 6.07) is 15.6. The molecule has 6 nitrogen and oxygen atoms in total. The molecule has 2 aromatic rings. The Bertz CT molecular complexity index is 1080. The van der Waals surface area contributed by atoms with E-state index in [0.717, 1.165) is 54.6 Å². The number of allylic oxidation sites excluding steroid dienone is 2. The number of benzene rings is 2. The van der Waals surface area contributed by atoms with Crippen LogP contribution in [0.4, 0.5) is 21.0 Å². The van der Waals surface area contributed by atoms with Crippen LogP contribution in [0.5, 0.6) is 0 Å². The number of unbranched alkanes of at least 4 members (excludes halogenated alkanes) is 17. The Kier molecular flexibility index (Phi) is 23.6. The third-order valence-corrected chi connectivity index (χ3v) is 8.62. The Balaban J connectivity index is 1.48. The molecule has 0 aliphatic carbocycles. The second-order valence-corrected chi connectivity index (χ2v) is 13.0. The van der Waals surface area contributed by atoms with Gasteiger partial charge in [0.05, 0.1) is 0 Å². The monoisotopic (exact) mass is 647 g/mol. The highest BCUT2D eigenvalue weighted by Gasteiger charge is 2.04. The third-order valence-electron chi connectivity index (χ3n) is 8.62. The first-order valence-electron chi connectivity index (χ1n) is 19.0. The molecular weight excluding hydrogens is 580 g/mol. The molecule has 0 heterocycles. The number of anilines is 2. The van der Waals surface area contributed by atoms with E-state index in [-0.39, 0.29) is 12.1 Å². The number of amides is 4. The summed E-state index contributed by atoms with van der Waals surface area (Å²) in [5.41, 5.74) is 3.91. The van der Waals surface area contributed by atoms with Gasteiger partial charge in [0.25, 0.3) is 0 Å². The maximum atomic E-state index is 12.3. The molecule has 0 aromatic heterocycles. The number of hydrogen-bond donors (Lipinski definition) is 4. The van der Waals surface area contributed by atoms with Gasteiger partial charge in [0.15, 0.2) is 0 Å². The number of nitrogens with one attached hydrogen (secondary N) is 4. The minimum absolute atomic E-state index is 0.149. The SMILES string of the molecule is CCCCCCCC/C=C\CCCCCCCCNC(=O)Nc1ccc(Cc2ccc(NC(=O)NCCCCCCCC)cc2)cc1. The lowest BCUT2D eigenvalue weighted by atomic mass is 10.0. The van der Waals surface area contributed by atoms with Gasteiger partial charge < -0.3 is 21.3 Å². The van der Waals surface area contributed by atoms with Crippen molar-refractivity contribution in [2.24, 2.45) is 0 Å². The Hall–Kier alpha value is -3.28. The van der Waals surface area contributed by atoms with Crippen LogP contribution in [0.3, 0.4) is 0 Å². The summed E-state index contributed by atoms with van der Waals surface area (Å²) in [5.74, 6) is 0. The molecule has 47 heavy (non-hydrogen) atoms. The number of urea groups is 2. The average molecular weight is 647 g/mol. The first-order chi connectivity index (χ1) is 23.1. The Morgan fingerprint density at radius 1 is 0.468 bits per heavy atom. The van der Waals surface area contributed by atoms with E-state index >= 15 is 0 Å². The van der Waals surface area contributed by atoms with E-state index in [1.165, 1.54) is 103 Å². The van der Waals surface area contributed by atoms with Crippen LogP contribution < -0.4 is 21.3 Å². The quantitative estimate of drug-likeness (QED) is 0.0575. The number of rotatable bonds is 27. The molecule has 0 aliphatic rings. The highest BCUT2D eigenvalue weighted by molar-refractivity contribution is 5.89.